The normalized spacial score (nSPS) is 22.9. The first kappa shape index (κ1) is 27.2. The summed E-state index contributed by atoms with van der Waals surface area (Å²) in [6, 6.07) is 5.57. The lowest BCUT2D eigenvalue weighted by Crippen LogP contribution is -2.45. The molecule has 2 aromatic rings. The van der Waals surface area contributed by atoms with Gasteiger partial charge < -0.3 is 30.3 Å². The van der Waals surface area contributed by atoms with Crippen molar-refractivity contribution in [3.8, 4) is 5.75 Å². The highest BCUT2D eigenvalue weighted by Gasteiger charge is 2.41. The minimum absolute atomic E-state index is 0.0493. The first-order chi connectivity index (χ1) is 18.7. The first-order valence-electron chi connectivity index (χ1n) is 14.0. The van der Waals surface area contributed by atoms with Crippen LogP contribution in [0, 0.1) is 11.3 Å². The van der Waals surface area contributed by atoms with Crippen molar-refractivity contribution in [2.45, 2.75) is 70.9 Å². The summed E-state index contributed by atoms with van der Waals surface area (Å²) in [5, 5.41) is 16.0. The smallest absolute Gasteiger partial charge is 0.251 e. The summed E-state index contributed by atoms with van der Waals surface area (Å²) in [6.07, 6.45) is 8.42. The minimum atomic E-state index is -0.553. The van der Waals surface area contributed by atoms with E-state index in [1.165, 1.54) is 12.8 Å². The fraction of sp³-hybridized carbons (Fsp3) is 0.586. The van der Waals surface area contributed by atoms with E-state index < -0.39 is 5.41 Å². The van der Waals surface area contributed by atoms with Gasteiger partial charge in [0.15, 0.2) is 5.82 Å². The number of aliphatic hydroxyl groups excluding tert-OH is 1. The second-order valence-corrected chi connectivity index (χ2v) is 11.8. The van der Waals surface area contributed by atoms with Crippen molar-refractivity contribution in [3.63, 3.8) is 0 Å². The standard InChI is InChI=1S/C29H40N6O4/c1-29(2)17-35(20-7-5-6-8-20)25-23(34(3)27(29)38)16-31-28(33-25)32-22-12-10-19(14-24(22)39-4)26(37)30-15-18-9-11-21(36)13-18/h10,12,14,16,18,20-21,36H,5-9,11,13,15,17H2,1-4H3,(H,30,37)(H,31,32,33). The number of aromatic nitrogens is 2. The molecule has 2 saturated carbocycles. The van der Waals surface area contributed by atoms with Crippen molar-refractivity contribution in [3.05, 3.63) is 30.0 Å². The Labute approximate surface area is 230 Å². The predicted molar refractivity (Wildman–Crippen MR) is 151 cm³/mol. The number of nitrogens with zero attached hydrogens (tertiary/aromatic N) is 4. The van der Waals surface area contributed by atoms with Crippen molar-refractivity contribution in [1.29, 1.82) is 0 Å². The van der Waals surface area contributed by atoms with Crippen molar-refractivity contribution in [2.75, 3.05) is 42.4 Å². The molecule has 0 saturated heterocycles. The largest absolute Gasteiger partial charge is 0.495 e. The summed E-state index contributed by atoms with van der Waals surface area (Å²) < 4.78 is 5.60. The van der Waals surface area contributed by atoms with Gasteiger partial charge in [-0.3, -0.25) is 9.59 Å². The molecule has 2 amide bonds. The van der Waals surface area contributed by atoms with E-state index in [4.69, 9.17) is 9.72 Å². The third-order valence-corrected chi connectivity index (χ3v) is 8.37. The molecule has 2 heterocycles. The number of carbonyl (C=O) groups is 2. The number of methoxy groups -OCH3 is 1. The average Bonchev–Trinajstić information content (AvgIpc) is 3.60. The molecule has 2 atom stereocenters. The van der Waals surface area contributed by atoms with Gasteiger partial charge in [0.1, 0.15) is 11.4 Å². The van der Waals surface area contributed by atoms with E-state index in [-0.39, 0.29) is 17.9 Å². The number of anilines is 4. The van der Waals surface area contributed by atoms with Gasteiger partial charge in [0.25, 0.3) is 5.91 Å². The van der Waals surface area contributed by atoms with E-state index in [1.807, 2.05) is 13.8 Å². The molecule has 1 aromatic heterocycles. The Morgan fingerprint density at radius 1 is 1.21 bits per heavy atom. The Bertz CT molecular complexity index is 1230. The van der Waals surface area contributed by atoms with Crippen LogP contribution >= 0.6 is 0 Å². The summed E-state index contributed by atoms with van der Waals surface area (Å²) in [4.78, 5) is 39.4. The second kappa shape index (κ2) is 11.0. The van der Waals surface area contributed by atoms with Crippen molar-refractivity contribution in [2.24, 2.45) is 11.3 Å². The van der Waals surface area contributed by atoms with Crippen LogP contribution in [0.4, 0.5) is 23.1 Å². The maximum absolute atomic E-state index is 13.2. The number of amides is 2. The predicted octanol–water partition coefficient (Wildman–Crippen LogP) is 3.87. The quantitative estimate of drug-likeness (QED) is 0.488. The lowest BCUT2D eigenvalue weighted by molar-refractivity contribution is -0.125. The van der Waals surface area contributed by atoms with Crippen LogP contribution in [0.1, 0.15) is 69.2 Å². The third kappa shape index (κ3) is 5.66. The summed E-state index contributed by atoms with van der Waals surface area (Å²) in [6.45, 7) is 5.13. The first-order valence-corrected chi connectivity index (χ1v) is 14.0. The number of ether oxygens (including phenoxy) is 1. The number of nitrogens with one attached hydrogen (secondary N) is 2. The Balaban J connectivity index is 1.37. The molecule has 39 heavy (non-hydrogen) atoms. The molecule has 0 bridgehead atoms. The summed E-state index contributed by atoms with van der Waals surface area (Å²) in [5.74, 6) is 1.83. The van der Waals surface area contributed by atoms with Gasteiger partial charge in [-0.1, -0.05) is 12.8 Å². The number of aliphatic hydroxyl groups is 1. The topological polar surface area (TPSA) is 120 Å². The van der Waals surface area contributed by atoms with Crippen molar-refractivity contribution < 1.29 is 19.4 Å². The molecule has 2 unspecified atom stereocenters. The highest BCUT2D eigenvalue weighted by molar-refractivity contribution is 6.01. The molecule has 1 aromatic carbocycles. The van der Waals surface area contributed by atoms with Gasteiger partial charge in [-0.2, -0.15) is 4.98 Å². The molecular formula is C29H40N6O4. The van der Waals surface area contributed by atoms with E-state index in [1.54, 1.807) is 43.5 Å². The number of fused-ring (bicyclic) bond motifs is 1. The number of hydrogen-bond donors (Lipinski definition) is 3. The van der Waals surface area contributed by atoms with Gasteiger partial charge in [-0.05, 0) is 70.1 Å². The van der Waals surface area contributed by atoms with Gasteiger partial charge in [0, 0.05) is 31.7 Å². The number of carbonyl (C=O) groups excluding carboxylic acids is 2. The van der Waals surface area contributed by atoms with E-state index in [0.29, 0.717) is 53.7 Å². The molecule has 2 fully saturated rings. The lowest BCUT2D eigenvalue weighted by Gasteiger charge is -2.34. The lowest BCUT2D eigenvalue weighted by atomic mass is 9.91. The molecular weight excluding hydrogens is 496 g/mol. The molecule has 5 rings (SSSR count). The van der Waals surface area contributed by atoms with Crippen LogP contribution in [0.5, 0.6) is 5.75 Å². The third-order valence-electron chi connectivity index (χ3n) is 8.37. The van der Waals surface area contributed by atoms with Crippen LogP contribution in [0.2, 0.25) is 0 Å². The van der Waals surface area contributed by atoms with E-state index >= 15 is 0 Å². The van der Waals surface area contributed by atoms with Gasteiger partial charge in [-0.25, -0.2) is 4.98 Å². The van der Waals surface area contributed by atoms with Crippen molar-refractivity contribution in [1.82, 2.24) is 15.3 Å². The molecule has 2 aliphatic carbocycles. The molecule has 3 N–H and O–H groups in total. The van der Waals surface area contributed by atoms with Crippen molar-refractivity contribution >= 4 is 35.0 Å². The molecule has 3 aliphatic rings. The zero-order chi connectivity index (χ0) is 27.7. The monoisotopic (exact) mass is 536 g/mol. The molecule has 1 aliphatic heterocycles. The maximum atomic E-state index is 13.2. The maximum Gasteiger partial charge on any atom is 0.251 e. The van der Waals surface area contributed by atoms with Crippen LogP contribution in [0.25, 0.3) is 0 Å². The SMILES string of the molecule is COc1cc(C(=O)NCC2CCC(O)C2)ccc1Nc1ncc2c(n1)N(C1CCCC1)CC(C)(C)C(=O)N2C. The highest BCUT2D eigenvalue weighted by Crippen LogP contribution is 2.40. The van der Waals surface area contributed by atoms with Gasteiger partial charge in [0.2, 0.25) is 11.9 Å². The van der Waals surface area contributed by atoms with Crippen LogP contribution < -0.4 is 25.2 Å². The van der Waals surface area contributed by atoms with E-state index in [0.717, 1.165) is 37.9 Å². The van der Waals surface area contributed by atoms with Crippen LogP contribution in [-0.2, 0) is 4.79 Å². The number of benzene rings is 1. The number of rotatable bonds is 7. The van der Waals surface area contributed by atoms with Crippen LogP contribution in [0.15, 0.2) is 24.4 Å². The zero-order valence-electron chi connectivity index (χ0n) is 23.4. The summed E-state index contributed by atoms with van der Waals surface area (Å²) >= 11 is 0. The molecule has 210 valence electrons. The molecule has 0 radical (unpaired) electrons. The van der Waals surface area contributed by atoms with Gasteiger partial charge >= 0.3 is 0 Å². The summed E-state index contributed by atoms with van der Waals surface area (Å²) in [7, 11) is 3.35. The number of hydrogen-bond acceptors (Lipinski definition) is 8. The fourth-order valence-electron chi connectivity index (χ4n) is 6.15. The Morgan fingerprint density at radius 2 is 1.97 bits per heavy atom. The van der Waals surface area contributed by atoms with Gasteiger partial charge in [0.05, 0.1) is 30.5 Å². The molecule has 0 spiro atoms. The summed E-state index contributed by atoms with van der Waals surface area (Å²) in [5.41, 5.74) is 1.28. The molecule has 10 heteroatoms. The van der Waals surface area contributed by atoms with Gasteiger partial charge in [-0.15, -0.1) is 0 Å². The highest BCUT2D eigenvalue weighted by atomic mass is 16.5. The van der Waals surface area contributed by atoms with E-state index in [2.05, 4.69) is 20.5 Å². The minimum Gasteiger partial charge on any atom is -0.495 e. The fourth-order valence-corrected chi connectivity index (χ4v) is 6.15. The van der Waals surface area contributed by atoms with Crippen LogP contribution in [-0.4, -0.2) is 66.3 Å². The second-order valence-electron chi connectivity index (χ2n) is 11.8. The Morgan fingerprint density at radius 3 is 2.67 bits per heavy atom. The van der Waals surface area contributed by atoms with Crippen LogP contribution in [0.3, 0.4) is 0 Å². The Kier molecular flexibility index (Phi) is 7.66. The molecule has 10 nitrogen and oxygen atoms in total. The Hall–Kier alpha value is -3.40. The van der Waals surface area contributed by atoms with E-state index in [9.17, 15) is 14.7 Å². The zero-order valence-corrected chi connectivity index (χ0v) is 23.4. The average molecular weight is 537 g/mol.